The highest BCUT2D eigenvalue weighted by Gasteiger charge is 2.35. The number of ether oxygens (including phenoxy) is 3. The normalized spacial score (nSPS) is 23.1. The van der Waals surface area contributed by atoms with E-state index in [0.29, 0.717) is 17.9 Å². The highest BCUT2D eigenvalue weighted by Crippen LogP contribution is 2.43. The Kier molecular flexibility index (Phi) is 11.5. The van der Waals surface area contributed by atoms with Gasteiger partial charge in [-0.05, 0) is 92.9 Å². The molecule has 42 heavy (non-hydrogen) atoms. The molecule has 2 aromatic carbocycles. The molecule has 234 valence electrons. The van der Waals surface area contributed by atoms with E-state index in [1.165, 1.54) is 31.4 Å². The molecule has 0 spiro atoms. The predicted molar refractivity (Wildman–Crippen MR) is 149 cm³/mol. The summed E-state index contributed by atoms with van der Waals surface area (Å²) < 4.78 is 103. The number of benzene rings is 2. The molecule has 0 bridgehead atoms. The number of rotatable bonds is 13. The van der Waals surface area contributed by atoms with Crippen molar-refractivity contribution in [3.63, 3.8) is 0 Å². The Labute approximate surface area is 244 Å². The second kappa shape index (κ2) is 14.8. The topological polar surface area (TPSA) is 27.7 Å². The van der Waals surface area contributed by atoms with Gasteiger partial charge in [0.05, 0.1) is 19.3 Å². The van der Waals surface area contributed by atoms with E-state index < -0.39 is 53.5 Å². The zero-order valence-corrected chi connectivity index (χ0v) is 24.5. The Bertz CT molecular complexity index is 1160. The smallest absolute Gasteiger partial charge is 0.285 e. The van der Waals surface area contributed by atoms with E-state index in [1.54, 1.807) is 6.92 Å². The fourth-order valence-corrected chi connectivity index (χ4v) is 6.41. The quantitative estimate of drug-likeness (QED) is 0.169. The molecule has 2 fully saturated rings. The minimum Gasteiger partial charge on any atom is -0.491 e. The summed E-state index contributed by atoms with van der Waals surface area (Å²) in [7, 11) is 0. The second-order valence-electron chi connectivity index (χ2n) is 11.8. The maximum Gasteiger partial charge on any atom is 0.285 e. The fraction of sp³-hybridized carbons (Fsp3) is 0.636. The van der Waals surface area contributed by atoms with Crippen LogP contribution in [-0.2, 0) is 11.2 Å². The van der Waals surface area contributed by atoms with Crippen LogP contribution in [0.15, 0.2) is 24.3 Å². The van der Waals surface area contributed by atoms with Gasteiger partial charge in [-0.3, -0.25) is 0 Å². The van der Waals surface area contributed by atoms with Gasteiger partial charge in [-0.1, -0.05) is 38.3 Å². The van der Waals surface area contributed by atoms with Crippen molar-refractivity contribution in [2.24, 2.45) is 11.8 Å². The van der Waals surface area contributed by atoms with Crippen LogP contribution in [0.3, 0.4) is 0 Å². The third kappa shape index (κ3) is 8.14. The lowest BCUT2D eigenvalue weighted by Crippen LogP contribution is -2.32. The number of alkyl halides is 2. The molecule has 4 rings (SSSR count). The van der Waals surface area contributed by atoms with Gasteiger partial charge in [0, 0.05) is 6.42 Å². The maximum absolute atomic E-state index is 15.1. The van der Waals surface area contributed by atoms with Gasteiger partial charge in [-0.2, -0.15) is 8.78 Å². The Morgan fingerprint density at radius 2 is 1.43 bits per heavy atom. The van der Waals surface area contributed by atoms with Crippen LogP contribution >= 0.6 is 0 Å². The van der Waals surface area contributed by atoms with Crippen LogP contribution in [0.25, 0.3) is 0 Å². The van der Waals surface area contributed by atoms with E-state index in [4.69, 9.17) is 14.2 Å². The molecule has 1 aliphatic carbocycles. The third-order valence-corrected chi connectivity index (χ3v) is 8.80. The number of unbranched alkanes of at least 4 members (excludes halogenated alkanes) is 2. The molecule has 1 aliphatic heterocycles. The van der Waals surface area contributed by atoms with Gasteiger partial charge in [0.1, 0.15) is 0 Å². The molecule has 2 aromatic rings. The lowest BCUT2D eigenvalue weighted by atomic mass is 9.72. The molecule has 3 nitrogen and oxygen atoms in total. The van der Waals surface area contributed by atoms with Gasteiger partial charge >= 0.3 is 0 Å². The van der Waals surface area contributed by atoms with Crippen molar-refractivity contribution >= 4 is 0 Å². The van der Waals surface area contributed by atoms with E-state index in [0.717, 1.165) is 63.7 Å². The first-order chi connectivity index (χ1) is 20.1. The molecule has 1 saturated heterocycles. The van der Waals surface area contributed by atoms with Crippen LogP contribution in [0.5, 0.6) is 11.5 Å². The largest absolute Gasteiger partial charge is 0.491 e. The first-order valence-corrected chi connectivity index (χ1v) is 15.3. The summed E-state index contributed by atoms with van der Waals surface area (Å²) in [4.78, 5) is 0. The molecule has 2 atom stereocenters. The van der Waals surface area contributed by atoms with Crippen molar-refractivity contribution < 1.29 is 40.6 Å². The standard InChI is InChI=1S/C33H42F6O3/c1-3-5-6-7-25-14-12-24(19-41-25)21-8-10-22(11-9-21)26-15-17-28(32(37)30(26)35)42-20-33(38,39)18-23-13-16-27(40-4-2)31(36)29(23)34/h13,15-17,21-22,24-25H,3-12,14,18-20H2,1-2H3. The predicted octanol–water partition coefficient (Wildman–Crippen LogP) is 9.55. The average molecular weight is 601 g/mol. The number of halogens is 6. The molecular formula is C33H42F6O3. The van der Waals surface area contributed by atoms with Crippen LogP contribution in [0.4, 0.5) is 26.3 Å². The van der Waals surface area contributed by atoms with E-state index in [2.05, 4.69) is 6.92 Å². The molecule has 2 unspecified atom stereocenters. The minimum absolute atomic E-state index is 0.0808. The summed E-state index contributed by atoms with van der Waals surface area (Å²) in [6, 6.07) is 4.65. The SMILES string of the molecule is CCCCCC1CCC(C2CCC(c3ccc(OCC(F)(F)Cc4ccc(OCC)c(F)c4F)c(F)c3F)CC2)CO1. The third-order valence-electron chi connectivity index (χ3n) is 8.80. The fourth-order valence-electron chi connectivity index (χ4n) is 6.41. The molecule has 0 aromatic heterocycles. The van der Waals surface area contributed by atoms with Crippen molar-refractivity contribution in [1.82, 2.24) is 0 Å². The monoisotopic (exact) mass is 600 g/mol. The zero-order valence-electron chi connectivity index (χ0n) is 24.5. The van der Waals surface area contributed by atoms with Crippen molar-refractivity contribution in [3.8, 4) is 11.5 Å². The van der Waals surface area contributed by atoms with E-state index in [9.17, 15) is 22.0 Å². The van der Waals surface area contributed by atoms with Crippen molar-refractivity contribution in [2.45, 2.75) is 102 Å². The lowest BCUT2D eigenvalue weighted by molar-refractivity contribution is -0.0418. The van der Waals surface area contributed by atoms with E-state index >= 15 is 4.39 Å². The van der Waals surface area contributed by atoms with Crippen LogP contribution in [0, 0.1) is 35.1 Å². The Morgan fingerprint density at radius 1 is 0.762 bits per heavy atom. The first-order valence-electron chi connectivity index (χ1n) is 15.3. The summed E-state index contributed by atoms with van der Waals surface area (Å²) in [5.41, 5.74) is -0.346. The summed E-state index contributed by atoms with van der Waals surface area (Å²) in [5, 5.41) is 0. The molecule has 2 aliphatic rings. The molecule has 0 radical (unpaired) electrons. The summed E-state index contributed by atoms with van der Waals surface area (Å²) in [6.07, 6.45) is 9.43. The van der Waals surface area contributed by atoms with Crippen LogP contribution in [0.2, 0.25) is 0 Å². The number of hydrogen-bond acceptors (Lipinski definition) is 3. The minimum atomic E-state index is -3.67. The highest BCUT2D eigenvalue weighted by atomic mass is 19.3. The Morgan fingerprint density at radius 3 is 2.10 bits per heavy atom. The van der Waals surface area contributed by atoms with Gasteiger partial charge in [-0.25, -0.2) is 17.6 Å². The second-order valence-corrected chi connectivity index (χ2v) is 11.8. The average Bonchev–Trinajstić information content (AvgIpc) is 2.98. The van der Waals surface area contributed by atoms with Crippen LogP contribution < -0.4 is 9.47 Å². The van der Waals surface area contributed by atoms with Crippen molar-refractivity contribution in [2.75, 3.05) is 19.8 Å². The summed E-state index contributed by atoms with van der Waals surface area (Å²) in [5.74, 6) is -9.05. The van der Waals surface area contributed by atoms with E-state index in [-0.39, 0.29) is 23.8 Å². The van der Waals surface area contributed by atoms with Crippen LogP contribution in [0.1, 0.15) is 95.1 Å². The maximum atomic E-state index is 15.1. The van der Waals surface area contributed by atoms with Gasteiger partial charge in [0.15, 0.2) is 29.7 Å². The Hall–Kier alpha value is -2.42. The molecule has 1 saturated carbocycles. The number of hydrogen-bond donors (Lipinski definition) is 0. The zero-order chi connectivity index (χ0) is 30.3. The van der Waals surface area contributed by atoms with Gasteiger partial charge in [-0.15, -0.1) is 0 Å². The van der Waals surface area contributed by atoms with Crippen LogP contribution in [-0.4, -0.2) is 31.8 Å². The molecule has 9 heteroatoms. The van der Waals surface area contributed by atoms with Gasteiger partial charge < -0.3 is 14.2 Å². The van der Waals surface area contributed by atoms with Gasteiger partial charge in [0.25, 0.3) is 5.92 Å². The molecular weight excluding hydrogens is 558 g/mol. The molecule has 1 heterocycles. The van der Waals surface area contributed by atoms with Crippen molar-refractivity contribution in [3.05, 3.63) is 58.7 Å². The Balaban J connectivity index is 1.29. The lowest BCUT2D eigenvalue weighted by Gasteiger charge is -2.38. The van der Waals surface area contributed by atoms with Crippen molar-refractivity contribution in [1.29, 1.82) is 0 Å². The van der Waals surface area contributed by atoms with E-state index in [1.807, 2.05) is 0 Å². The highest BCUT2D eigenvalue weighted by molar-refractivity contribution is 5.34. The molecule has 0 N–H and O–H groups in total. The first kappa shape index (κ1) is 32.5. The molecule has 0 amide bonds. The van der Waals surface area contributed by atoms with Gasteiger partial charge in [0.2, 0.25) is 11.6 Å². The summed E-state index contributed by atoms with van der Waals surface area (Å²) >= 11 is 0. The summed E-state index contributed by atoms with van der Waals surface area (Å²) in [6.45, 7) is 3.29.